The van der Waals surface area contributed by atoms with Gasteiger partial charge in [0.2, 0.25) is 5.91 Å². The average Bonchev–Trinajstić information content (AvgIpc) is 2.57. The van der Waals surface area contributed by atoms with Crippen LogP contribution in [-0.4, -0.2) is 23.6 Å². The van der Waals surface area contributed by atoms with Gasteiger partial charge in [0.25, 0.3) is 0 Å². The van der Waals surface area contributed by atoms with Crippen LogP contribution >= 0.6 is 0 Å². The first kappa shape index (κ1) is 17.0. The maximum atomic E-state index is 12.9. The normalized spacial score (nSPS) is 15.0. The van der Waals surface area contributed by atoms with Crippen LogP contribution in [0.2, 0.25) is 0 Å². The van der Waals surface area contributed by atoms with Crippen LogP contribution in [0, 0.1) is 5.41 Å². The fourth-order valence-electron chi connectivity index (χ4n) is 3.15. The molecule has 1 aliphatic carbocycles. The molecule has 0 radical (unpaired) electrons. The smallest absolute Gasteiger partial charge is 0.341 e. The first-order valence-electron chi connectivity index (χ1n) is 8.37. The van der Waals surface area contributed by atoms with Crippen molar-refractivity contribution in [2.45, 2.75) is 25.7 Å². The maximum absolute atomic E-state index is 12.9. The van der Waals surface area contributed by atoms with E-state index in [-0.39, 0.29) is 11.3 Å². The van der Waals surface area contributed by atoms with E-state index < -0.39 is 12.6 Å². The van der Waals surface area contributed by atoms with E-state index in [9.17, 15) is 9.59 Å². The molecular weight excluding hydrogens is 318 g/mol. The van der Waals surface area contributed by atoms with Crippen LogP contribution in [0.4, 0.5) is 5.69 Å². The summed E-state index contributed by atoms with van der Waals surface area (Å²) in [4.78, 5) is 23.4. The highest BCUT2D eigenvalue weighted by Gasteiger charge is 2.43. The number of ether oxygens (including phenoxy) is 1. The molecule has 2 aromatic rings. The summed E-state index contributed by atoms with van der Waals surface area (Å²) >= 11 is 0. The van der Waals surface area contributed by atoms with Gasteiger partial charge in [-0.3, -0.25) is 4.79 Å². The van der Waals surface area contributed by atoms with Crippen LogP contribution in [0.1, 0.15) is 24.8 Å². The summed E-state index contributed by atoms with van der Waals surface area (Å²) in [5, 5.41) is 11.6. The second kappa shape index (κ2) is 7.38. The van der Waals surface area contributed by atoms with Crippen LogP contribution in [0.25, 0.3) is 0 Å². The van der Waals surface area contributed by atoms with E-state index in [0.717, 1.165) is 31.2 Å². The molecule has 3 rings (SSSR count). The summed E-state index contributed by atoms with van der Waals surface area (Å²) in [6, 6.07) is 16.9. The Balaban J connectivity index is 1.68. The number of rotatable bonds is 7. The zero-order valence-corrected chi connectivity index (χ0v) is 13.9. The predicted molar refractivity (Wildman–Crippen MR) is 94.6 cm³/mol. The lowest BCUT2D eigenvalue weighted by Crippen LogP contribution is -2.43. The molecule has 1 saturated carbocycles. The Labute approximate surface area is 146 Å². The SMILES string of the molecule is O=C(O)COc1cccc(NC(=O)C2(Cc3ccccc3)CCC2)c1. The van der Waals surface area contributed by atoms with Gasteiger partial charge in [0.05, 0.1) is 5.41 Å². The number of benzene rings is 2. The van der Waals surface area contributed by atoms with E-state index >= 15 is 0 Å². The Morgan fingerprint density at radius 3 is 2.48 bits per heavy atom. The Morgan fingerprint density at radius 2 is 1.84 bits per heavy atom. The van der Waals surface area contributed by atoms with Crippen molar-refractivity contribution in [1.29, 1.82) is 0 Å². The molecule has 5 heteroatoms. The molecule has 1 aliphatic rings. The van der Waals surface area contributed by atoms with Crippen molar-refractivity contribution in [3.63, 3.8) is 0 Å². The first-order chi connectivity index (χ1) is 12.1. The van der Waals surface area contributed by atoms with Crippen molar-refractivity contribution < 1.29 is 19.4 Å². The fraction of sp³-hybridized carbons (Fsp3) is 0.300. The number of amides is 1. The van der Waals surface area contributed by atoms with Crippen molar-refractivity contribution in [3.05, 3.63) is 60.2 Å². The molecule has 0 spiro atoms. The minimum absolute atomic E-state index is 0.0120. The molecule has 0 bridgehead atoms. The zero-order valence-electron chi connectivity index (χ0n) is 13.9. The molecule has 5 nitrogen and oxygen atoms in total. The van der Waals surface area contributed by atoms with Gasteiger partial charge < -0.3 is 15.2 Å². The Morgan fingerprint density at radius 1 is 1.08 bits per heavy atom. The molecule has 0 unspecified atom stereocenters. The van der Waals surface area contributed by atoms with Crippen LogP contribution in [-0.2, 0) is 16.0 Å². The Hall–Kier alpha value is -2.82. The first-order valence-corrected chi connectivity index (χ1v) is 8.37. The third-order valence-corrected chi connectivity index (χ3v) is 4.63. The highest BCUT2D eigenvalue weighted by molar-refractivity contribution is 5.96. The molecule has 0 aliphatic heterocycles. The summed E-state index contributed by atoms with van der Waals surface area (Å²) in [7, 11) is 0. The lowest BCUT2D eigenvalue weighted by molar-refractivity contribution is -0.139. The van der Waals surface area contributed by atoms with Crippen molar-refractivity contribution in [3.8, 4) is 5.75 Å². The number of carbonyl (C=O) groups is 2. The van der Waals surface area contributed by atoms with Crippen LogP contribution in [0.3, 0.4) is 0 Å². The summed E-state index contributed by atoms with van der Waals surface area (Å²) in [5.74, 6) is -0.602. The molecule has 0 aromatic heterocycles. The standard InChI is InChI=1S/C20H21NO4/c22-18(23)14-25-17-9-4-8-16(12-17)21-19(24)20(10-5-11-20)13-15-6-2-1-3-7-15/h1-4,6-9,12H,5,10-11,13-14H2,(H,21,24)(H,22,23). The van der Waals surface area contributed by atoms with E-state index in [1.165, 1.54) is 0 Å². The number of aliphatic carboxylic acids is 1. The van der Waals surface area contributed by atoms with Gasteiger partial charge in [-0.05, 0) is 37.0 Å². The molecule has 130 valence electrons. The van der Waals surface area contributed by atoms with Gasteiger partial charge in [0.15, 0.2) is 6.61 Å². The van der Waals surface area contributed by atoms with Crippen molar-refractivity contribution >= 4 is 17.6 Å². The van der Waals surface area contributed by atoms with Gasteiger partial charge in [-0.25, -0.2) is 4.79 Å². The van der Waals surface area contributed by atoms with Gasteiger partial charge in [0, 0.05) is 11.8 Å². The quantitative estimate of drug-likeness (QED) is 0.809. The molecule has 0 atom stereocenters. The Bertz CT molecular complexity index is 753. The molecule has 1 amide bonds. The minimum atomic E-state index is -1.04. The second-order valence-corrected chi connectivity index (χ2v) is 6.46. The largest absolute Gasteiger partial charge is 0.482 e. The maximum Gasteiger partial charge on any atom is 0.341 e. The van der Waals surface area contributed by atoms with Gasteiger partial charge in [-0.2, -0.15) is 0 Å². The highest BCUT2D eigenvalue weighted by Crippen LogP contribution is 2.44. The highest BCUT2D eigenvalue weighted by atomic mass is 16.5. The number of carboxylic acids is 1. The number of anilines is 1. The van der Waals surface area contributed by atoms with E-state index in [2.05, 4.69) is 5.32 Å². The van der Waals surface area contributed by atoms with E-state index in [4.69, 9.17) is 9.84 Å². The monoisotopic (exact) mass is 339 g/mol. The molecule has 1 fully saturated rings. The number of carboxylic acid groups (broad SMARTS) is 1. The number of nitrogens with one attached hydrogen (secondary N) is 1. The van der Waals surface area contributed by atoms with E-state index in [1.54, 1.807) is 24.3 Å². The summed E-state index contributed by atoms with van der Waals surface area (Å²) in [6.45, 7) is -0.407. The third-order valence-electron chi connectivity index (χ3n) is 4.63. The van der Waals surface area contributed by atoms with Crippen molar-refractivity contribution in [2.24, 2.45) is 5.41 Å². The Kier molecular flexibility index (Phi) is 5.03. The lowest BCUT2D eigenvalue weighted by atomic mass is 9.64. The zero-order chi connectivity index (χ0) is 17.7. The fourth-order valence-corrected chi connectivity index (χ4v) is 3.15. The molecule has 25 heavy (non-hydrogen) atoms. The number of hydrogen-bond acceptors (Lipinski definition) is 3. The van der Waals surface area contributed by atoms with E-state index in [0.29, 0.717) is 11.4 Å². The van der Waals surface area contributed by atoms with Crippen LogP contribution in [0.5, 0.6) is 5.75 Å². The van der Waals surface area contributed by atoms with Crippen molar-refractivity contribution in [1.82, 2.24) is 0 Å². The molecule has 2 aromatic carbocycles. The van der Waals surface area contributed by atoms with Crippen LogP contribution in [0.15, 0.2) is 54.6 Å². The number of hydrogen-bond donors (Lipinski definition) is 2. The summed E-state index contributed by atoms with van der Waals surface area (Å²) in [6.07, 6.45) is 3.54. The lowest BCUT2D eigenvalue weighted by Gasteiger charge is -2.40. The van der Waals surface area contributed by atoms with Gasteiger partial charge in [-0.1, -0.05) is 42.8 Å². The van der Waals surface area contributed by atoms with Gasteiger partial charge >= 0.3 is 5.97 Å². The molecular formula is C20H21NO4. The average molecular weight is 339 g/mol. The summed E-state index contributed by atoms with van der Waals surface area (Å²) in [5.41, 5.74) is 1.42. The third kappa shape index (κ3) is 4.18. The number of carbonyl (C=O) groups excluding carboxylic acids is 1. The molecule has 0 heterocycles. The van der Waals surface area contributed by atoms with Gasteiger partial charge in [0.1, 0.15) is 5.75 Å². The van der Waals surface area contributed by atoms with Crippen LogP contribution < -0.4 is 10.1 Å². The molecule has 0 saturated heterocycles. The topological polar surface area (TPSA) is 75.6 Å². The van der Waals surface area contributed by atoms with E-state index in [1.807, 2.05) is 30.3 Å². The predicted octanol–water partition coefficient (Wildman–Crippen LogP) is 3.50. The minimum Gasteiger partial charge on any atom is -0.482 e. The molecule has 2 N–H and O–H groups in total. The second-order valence-electron chi connectivity index (χ2n) is 6.46. The van der Waals surface area contributed by atoms with Crippen molar-refractivity contribution in [2.75, 3.05) is 11.9 Å². The van der Waals surface area contributed by atoms with Gasteiger partial charge in [-0.15, -0.1) is 0 Å². The summed E-state index contributed by atoms with van der Waals surface area (Å²) < 4.78 is 5.16.